The Kier molecular flexibility index (Phi) is 20.5. The number of hydrogen-bond acceptors (Lipinski definition) is 16. The lowest BCUT2D eigenvalue weighted by Gasteiger charge is -2.65. The van der Waals surface area contributed by atoms with Crippen LogP contribution in [0, 0.1) is 17.3 Å². The number of amides is 1. The van der Waals surface area contributed by atoms with Gasteiger partial charge in [0.25, 0.3) is 5.91 Å². The van der Waals surface area contributed by atoms with Crippen LogP contribution in [0.5, 0.6) is 0 Å². The van der Waals surface area contributed by atoms with Gasteiger partial charge in [0.05, 0.1) is 36.9 Å². The molecule has 418 valence electrons. The van der Waals surface area contributed by atoms with E-state index in [1.54, 1.807) is 60.7 Å². The summed E-state index contributed by atoms with van der Waals surface area (Å²) in [6.45, 7) is 7.29. The van der Waals surface area contributed by atoms with Crippen LogP contribution in [-0.4, -0.2) is 130 Å². The summed E-state index contributed by atoms with van der Waals surface area (Å²) in [5.74, 6) is -6.25. The number of benzene rings is 2. The third kappa shape index (κ3) is 13.3. The molecule has 2 saturated carbocycles. The Bertz CT molecular complexity index is 2340. The fourth-order valence-corrected chi connectivity index (χ4v) is 12.1. The number of aliphatic hydroxyl groups is 4. The number of ketones is 1. The first-order valence-corrected chi connectivity index (χ1v) is 27.6. The molecule has 17 nitrogen and oxygen atoms in total. The summed E-state index contributed by atoms with van der Waals surface area (Å²) >= 11 is 0. The molecule has 3 aliphatic carbocycles. The van der Waals surface area contributed by atoms with Crippen LogP contribution in [0.4, 0.5) is 4.79 Å². The van der Waals surface area contributed by atoms with Gasteiger partial charge in [0.2, 0.25) is 6.10 Å². The monoisotopic (exact) mass is 1060 g/mol. The Morgan fingerprint density at radius 3 is 2.11 bits per heavy atom. The Labute approximate surface area is 447 Å². The van der Waals surface area contributed by atoms with Gasteiger partial charge in [-0.1, -0.05) is 126 Å². The first-order valence-electron chi connectivity index (χ1n) is 27.6. The van der Waals surface area contributed by atoms with E-state index in [-0.39, 0.29) is 43.0 Å². The van der Waals surface area contributed by atoms with E-state index in [2.05, 4.69) is 24.4 Å². The van der Waals surface area contributed by atoms with Crippen LogP contribution < -0.4 is 5.32 Å². The van der Waals surface area contributed by atoms with E-state index in [4.69, 9.17) is 33.2 Å². The molecule has 14 atom stereocenters. The van der Waals surface area contributed by atoms with E-state index in [9.17, 15) is 44.4 Å². The van der Waals surface area contributed by atoms with E-state index < -0.39 is 120 Å². The highest BCUT2D eigenvalue weighted by Gasteiger charge is 2.74. The molecule has 4 fully saturated rings. The molecule has 2 aromatic carbocycles. The molecular weight excluding hydrogens is 979 g/mol. The number of esters is 2. The minimum Gasteiger partial charge on any atom is -0.455 e. The Morgan fingerprint density at radius 2 is 1.47 bits per heavy atom. The summed E-state index contributed by atoms with van der Waals surface area (Å²) < 4.78 is 40.9. The summed E-state index contributed by atoms with van der Waals surface area (Å²) in [7, 11) is 0. The van der Waals surface area contributed by atoms with Crippen LogP contribution in [0.2, 0.25) is 0 Å². The zero-order valence-corrected chi connectivity index (χ0v) is 44.9. The SMILES string of the molecule is CCCCCCCC/C=C\CCCCCCC[C@H]1OC[C@H](COC(=O)O[C@@H](C(=O)O[C@H]2C[C@]3(O)C(C)C(=C2C)[C@@H](OC(C)=O)C(=O)[C@@]2(C)[C@H]([C@@H]3O)[C@]3(O)CO[C@@H]3C[C@@H]2O)[C@@H](NC(=O)c2ccccc2)c2ccccc2)O1. The van der Waals surface area contributed by atoms with Gasteiger partial charge in [0.1, 0.15) is 36.1 Å². The number of carbonyl (C=O) groups is 5. The zero-order valence-electron chi connectivity index (χ0n) is 44.9. The summed E-state index contributed by atoms with van der Waals surface area (Å²) in [6, 6.07) is 15.0. The molecule has 1 amide bonds. The van der Waals surface area contributed by atoms with Crippen molar-refractivity contribution in [2.75, 3.05) is 19.8 Å². The molecule has 2 saturated heterocycles. The van der Waals surface area contributed by atoms with Crippen molar-refractivity contribution in [3.63, 3.8) is 0 Å². The summed E-state index contributed by atoms with van der Waals surface area (Å²) in [5.41, 5.74) is -5.41. The van der Waals surface area contributed by atoms with Crippen molar-refractivity contribution in [2.45, 2.75) is 204 Å². The van der Waals surface area contributed by atoms with Gasteiger partial charge in [-0.15, -0.1) is 0 Å². The molecule has 17 heteroatoms. The van der Waals surface area contributed by atoms with Gasteiger partial charge >= 0.3 is 18.1 Å². The Morgan fingerprint density at radius 1 is 0.842 bits per heavy atom. The lowest BCUT2D eigenvalue weighted by Crippen LogP contribution is -2.79. The van der Waals surface area contributed by atoms with Gasteiger partial charge in [-0.05, 0) is 81.2 Å². The topological polar surface area (TPSA) is 243 Å². The number of carbonyl (C=O) groups excluding carboxylic acids is 5. The van der Waals surface area contributed by atoms with Crippen LogP contribution >= 0.6 is 0 Å². The lowest BCUT2D eigenvalue weighted by molar-refractivity contribution is -0.341. The third-order valence-corrected chi connectivity index (χ3v) is 16.6. The number of allylic oxidation sites excluding steroid dienone is 2. The largest absolute Gasteiger partial charge is 0.509 e. The molecule has 0 spiro atoms. The average molecular weight is 1060 g/mol. The molecule has 2 heterocycles. The Balaban J connectivity index is 1.05. The van der Waals surface area contributed by atoms with E-state index >= 15 is 0 Å². The van der Waals surface area contributed by atoms with Crippen molar-refractivity contribution in [3.8, 4) is 0 Å². The van der Waals surface area contributed by atoms with Crippen molar-refractivity contribution in [1.82, 2.24) is 5.32 Å². The second-order valence-electron chi connectivity index (χ2n) is 21.8. The van der Waals surface area contributed by atoms with Crippen LogP contribution in [0.3, 0.4) is 0 Å². The first-order chi connectivity index (χ1) is 36.4. The second-order valence-corrected chi connectivity index (χ2v) is 21.8. The highest BCUT2D eigenvalue weighted by Crippen LogP contribution is 2.60. The number of nitrogens with one attached hydrogen (secondary N) is 1. The van der Waals surface area contributed by atoms with E-state index in [0.29, 0.717) is 12.0 Å². The molecule has 0 radical (unpaired) electrons. The fraction of sp³-hybridized carbons (Fsp3) is 0.644. The quantitative estimate of drug-likeness (QED) is 0.0275. The molecule has 7 rings (SSSR count). The summed E-state index contributed by atoms with van der Waals surface area (Å²) in [6.07, 6.45) is 7.99. The second kappa shape index (κ2) is 26.6. The summed E-state index contributed by atoms with van der Waals surface area (Å²) in [5, 5.41) is 51.9. The van der Waals surface area contributed by atoms with Gasteiger partial charge < -0.3 is 58.9 Å². The molecule has 5 aliphatic rings. The standard InChI is InChI=1S/C59H81NO16/c1-6-7-8-9-10-11-12-13-14-15-16-17-18-19-26-31-46-70-34-42(74-46)35-71-56(67)76-50(48(40-27-22-20-23-28-40)60-54(65)41-29-24-21-25-30-41)55(66)75-43-33-58(68)38(3)47(37(43)2)49(73-39(4)61)52(63)57(5)44(62)32-45-59(69,36-72-45)51(57)53(58)64/h13-14,20-25,27-30,38,42-46,48-51,53,62,64,68-69H,6-12,15-19,26,31-36H2,1-5H3,(H,60,65)/b14-13-/t38?,42-,43+,44+,45-,46+,48+,49-,50-,51+,53+,57-,58+,59+/m1/s1. The predicted molar refractivity (Wildman–Crippen MR) is 278 cm³/mol. The maximum Gasteiger partial charge on any atom is 0.509 e. The molecule has 2 aromatic rings. The number of rotatable bonds is 25. The van der Waals surface area contributed by atoms with E-state index in [0.717, 1.165) is 51.9 Å². The Hall–Kier alpha value is -5.01. The fourth-order valence-electron chi connectivity index (χ4n) is 12.1. The van der Waals surface area contributed by atoms with Gasteiger partial charge in [0.15, 0.2) is 18.2 Å². The smallest absolute Gasteiger partial charge is 0.455 e. The van der Waals surface area contributed by atoms with Crippen LogP contribution in [0.25, 0.3) is 0 Å². The number of Topliss-reactive ketones (excluding diaryl/α,β-unsaturated/α-hetero) is 1. The highest BCUT2D eigenvalue weighted by atomic mass is 16.8. The number of ether oxygens (including phenoxy) is 7. The molecule has 76 heavy (non-hydrogen) atoms. The number of fused-ring (bicyclic) bond motifs is 5. The van der Waals surface area contributed by atoms with Crippen molar-refractivity contribution in [3.05, 3.63) is 95.1 Å². The normalized spacial score (nSPS) is 31.7. The highest BCUT2D eigenvalue weighted by molar-refractivity contribution is 5.96. The van der Waals surface area contributed by atoms with Crippen molar-refractivity contribution in [1.29, 1.82) is 0 Å². The molecule has 2 aliphatic heterocycles. The van der Waals surface area contributed by atoms with Gasteiger partial charge in [-0.3, -0.25) is 14.4 Å². The molecule has 5 N–H and O–H groups in total. The van der Waals surface area contributed by atoms with Gasteiger partial charge in [-0.25, -0.2) is 9.59 Å². The number of unbranched alkanes of at least 4 members (excludes halogenated alkanes) is 11. The van der Waals surface area contributed by atoms with Crippen molar-refractivity contribution < 1.29 is 77.6 Å². The van der Waals surface area contributed by atoms with Crippen molar-refractivity contribution in [2.24, 2.45) is 17.3 Å². The lowest BCUT2D eigenvalue weighted by atomic mass is 9.47. The molecule has 0 aromatic heterocycles. The molecule has 1 unspecified atom stereocenters. The maximum absolute atomic E-state index is 15.0. The number of hydrogen-bond donors (Lipinski definition) is 5. The average Bonchev–Trinajstić information content (AvgIpc) is 3.87. The van der Waals surface area contributed by atoms with E-state index in [1.165, 1.54) is 59.3 Å². The van der Waals surface area contributed by atoms with Crippen molar-refractivity contribution >= 4 is 29.8 Å². The minimum absolute atomic E-state index is 0.0137. The van der Waals surface area contributed by atoms with Gasteiger partial charge in [0, 0.05) is 37.2 Å². The minimum atomic E-state index is -2.31. The zero-order chi connectivity index (χ0) is 54.6. The molecule has 2 bridgehead atoms. The molecular formula is C59H81NO16. The van der Waals surface area contributed by atoms with Crippen LogP contribution in [-0.2, 0) is 47.5 Å². The summed E-state index contributed by atoms with van der Waals surface area (Å²) in [4.78, 5) is 70.5. The van der Waals surface area contributed by atoms with Crippen LogP contribution in [0.1, 0.15) is 159 Å². The maximum atomic E-state index is 15.0. The third-order valence-electron chi connectivity index (χ3n) is 16.6. The first kappa shape index (κ1) is 58.7. The van der Waals surface area contributed by atoms with E-state index in [1.807, 2.05) is 0 Å². The number of aliphatic hydroxyl groups excluding tert-OH is 2. The van der Waals surface area contributed by atoms with Gasteiger partial charge in [-0.2, -0.15) is 0 Å². The van der Waals surface area contributed by atoms with Crippen LogP contribution in [0.15, 0.2) is 84.0 Å². The predicted octanol–water partition coefficient (Wildman–Crippen LogP) is 7.85.